The lowest BCUT2D eigenvalue weighted by Crippen LogP contribution is -2.58. The number of hydrogen-bond acceptors (Lipinski definition) is 6. The summed E-state index contributed by atoms with van der Waals surface area (Å²) in [5, 5.41) is 12.3. The molecule has 3 atom stereocenters. The zero-order valence-electron chi connectivity index (χ0n) is 20.2. The van der Waals surface area contributed by atoms with Crippen LogP contribution < -0.4 is 10.1 Å². The molecule has 2 aliphatic heterocycles. The summed E-state index contributed by atoms with van der Waals surface area (Å²) in [4.78, 5) is 44.4. The Balaban J connectivity index is 1.80. The Morgan fingerprint density at radius 2 is 2.00 bits per heavy atom. The fourth-order valence-electron chi connectivity index (χ4n) is 5.59. The topological polar surface area (TPSA) is 112 Å². The standard InChI is InChI=1S/C26H33N3O6/c1-27-24(32)20-17-26(11-3-4-12-28(13-14-30)25(26)33)29(23(20)21-6-5-15-35-21)22(31)16-18-7-9-19(34-2)10-8-18/h5-10,15,20,23,30H,3-4,11-14,16-17H2,1-2H3,(H,27,32)/t20-,23+,26-/m0/s1. The second kappa shape index (κ2) is 10.5. The first-order valence-corrected chi connectivity index (χ1v) is 12.1. The van der Waals surface area contributed by atoms with Crippen LogP contribution >= 0.6 is 0 Å². The lowest BCUT2D eigenvalue weighted by atomic mass is 9.85. The summed E-state index contributed by atoms with van der Waals surface area (Å²) in [5.74, 6) is -0.188. The summed E-state index contributed by atoms with van der Waals surface area (Å²) in [7, 11) is 3.14. The van der Waals surface area contributed by atoms with Crippen molar-refractivity contribution < 1.29 is 28.6 Å². The van der Waals surface area contributed by atoms with Gasteiger partial charge >= 0.3 is 0 Å². The number of ether oxygens (including phenoxy) is 1. The second-order valence-electron chi connectivity index (χ2n) is 9.18. The third kappa shape index (κ3) is 4.65. The highest BCUT2D eigenvalue weighted by Crippen LogP contribution is 2.51. The molecule has 3 heterocycles. The smallest absolute Gasteiger partial charge is 0.248 e. The minimum Gasteiger partial charge on any atom is -0.497 e. The van der Waals surface area contributed by atoms with Gasteiger partial charge in [0.15, 0.2) is 0 Å². The minimum absolute atomic E-state index is 0.0662. The van der Waals surface area contributed by atoms with Gasteiger partial charge in [-0.2, -0.15) is 0 Å². The van der Waals surface area contributed by atoms with E-state index < -0.39 is 17.5 Å². The molecule has 0 saturated carbocycles. The molecule has 2 aromatic rings. The third-order valence-electron chi connectivity index (χ3n) is 7.20. The molecule has 9 heteroatoms. The number of likely N-dealkylation sites (tertiary alicyclic amines) is 2. The molecule has 3 amide bonds. The maximum atomic E-state index is 14.0. The van der Waals surface area contributed by atoms with E-state index >= 15 is 0 Å². The Labute approximate surface area is 205 Å². The molecule has 0 unspecified atom stereocenters. The molecule has 0 radical (unpaired) electrons. The van der Waals surface area contributed by atoms with Crippen LogP contribution in [0.4, 0.5) is 0 Å². The van der Waals surface area contributed by atoms with E-state index in [2.05, 4.69) is 5.32 Å². The Morgan fingerprint density at radius 3 is 2.63 bits per heavy atom. The molecule has 9 nitrogen and oxygen atoms in total. The van der Waals surface area contributed by atoms with Crippen LogP contribution in [0.25, 0.3) is 0 Å². The largest absolute Gasteiger partial charge is 0.497 e. The molecule has 1 aromatic carbocycles. The summed E-state index contributed by atoms with van der Waals surface area (Å²) in [5.41, 5.74) is -0.412. The van der Waals surface area contributed by atoms with Crippen LogP contribution in [-0.4, -0.2) is 72.0 Å². The summed E-state index contributed by atoms with van der Waals surface area (Å²) < 4.78 is 10.9. The van der Waals surface area contributed by atoms with E-state index in [1.807, 2.05) is 12.1 Å². The Hall–Kier alpha value is -3.33. The number of aliphatic hydroxyl groups is 1. The van der Waals surface area contributed by atoms with Crippen molar-refractivity contribution in [2.75, 3.05) is 33.9 Å². The van der Waals surface area contributed by atoms with Crippen LogP contribution in [0.3, 0.4) is 0 Å². The number of furan rings is 1. The highest BCUT2D eigenvalue weighted by atomic mass is 16.5. The van der Waals surface area contributed by atoms with Gasteiger partial charge in [0.25, 0.3) is 0 Å². The first-order chi connectivity index (χ1) is 16.9. The van der Waals surface area contributed by atoms with E-state index in [0.717, 1.165) is 18.4 Å². The molecular formula is C26H33N3O6. The summed E-state index contributed by atoms with van der Waals surface area (Å²) >= 11 is 0. The quantitative estimate of drug-likeness (QED) is 0.622. The Kier molecular flexibility index (Phi) is 7.45. The van der Waals surface area contributed by atoms with Gasteiger partial charge in [-0.25, -0.2) is 0 Å². The van der Waals surface area contributed by atoms with E-state index in [1.165, 1.54) is 6.26 Å². The monoisotopic (exact) mass is 483 g/mol. The number of carbonyl (C=O) groups excluding carboxylic acids is 3. The number of amides is 3. The maximum absolute atomic E-state index is 14.0. The Bertz CT molecular complexity index is 1040. The van der Waals surface area contributed by atoms with E-state index in [4.69, 9.17) is 9.15 Å². The van der Waals surface area contributed by atoms with Crippen molar-refractivity contribution in [3.8, 4) is 5.75 Å². The van der Waals surface area contributed by atoms with E-state index in [0.29, 0.717) is 24.5 Å². The van der Waals surface area contributed by atoms with Crippen LogP contribution in [0.1, 0.15) is 43.0 Å². The van der Waals surface area contributed by atoms with Crippen LogP contribution in [0.15, 0.2) is 47.1 Å². The van der Waals surface area contributed by atoms with Gasteiger partial charge in [-0.1, -0.05) is 12.1 Å². The van der Waals surface area contributed by atoms with Crippen LogP contribution in [0, 0.1) is 5.92 Å². The third-order valence-corrected chi connectivity index (χ3v) is 7.20. The predicted molar refractivity (Wildman–Crippen MR) is 127 cm³/mol. The molecule has 2 fully saturated rings. The first-order valence-electron chi connectivity index (χ1n) is 12.1. The van der Waals surface area contributed by atoms with Crippen molar-refractivity contribution in [3.05, 3.63) is 54.0 Å². The van der Waals surface area contributed by atoms with Crippen molar-refractivity contribution in [2.24, 2.45) is 5.92 Å². The van der Waals surface area contributed by atoms with Gasteiger partial charge in [0.2, 0.25) is 17.7 Å². The number of hydrogen-bond donors (Lipinski definition) is 2. The Morgan fingerprint density at radius 1 is 1.23 bits per heavy atom. The predicted octanol–water partition coefficient (Wildman–Crippen LogP) is 1.91. The van der Waals surface area contributed by atoms with Gasteiger partial charge in [-0.15, -0.1) is 0 Å². The lowest BCUT2D eigenvalue weighted by Gasteiger charge is -2.41. The molecule has 4 rings (SSSR count). The van der Waals surface area contributed by atoms with Gasteiger partial charge in [0, 0.05) is 20.1 Å². The van der Waals surface area contributed by atoms with Crippen molar-refractivity contribution >= 4 is 17.7 Å². The molecule has 35 heavy (non-hydrogen) atoms. The fourth-order valence-corrected chi connectivity index (χ4v) is 5.59. The zero-order valence-corrected chi connectivity index (χ0v) is 20.2. The number of rotatable bonds is 7. The minimum atomic E-state index is -1.19. The molecule has 1 spiro atoms. The average molecular weight is 484 g/mol. The molecule has 1 aromatic heterocycles. The van der Waals surface area contributed by atoms with E-state index in [-0.39, 0.29) is 43.7 Å². The van der Waals surface area contributed by atoms with Gasteiger partial charge in [0.05, 0.1) is 32.3 Å². The summed E-state index contributed by atoms with van der Waals surface area (Å²) in [6, 6.07) is 9.99. The van der Waals surface area contributed by atoms with Crippen molar-refractivity contribution in [1.82, 2.24) is 15.1 Å². The zero-order chi connectivity index (χ0) is 25.0. The first kappa shape index (κ1) is 24.8. The van der Waals surface area contributed by atoms with Gasteiger partial charge in [-0.05, 0) is 55.5 Å². The van der Waals surface area contributed by atoms with Crippen molar-refractivity contribution in [2.45, 2.75) is 43.7 Å². The summed E-state index contributed by atoms with van der Waals surface area (Å²) in [6.45, 7) is 0.539. The number of benzene rings is 1. The summed E-state index contributed by atoms with van der Waals surface area (Å²) in [6.07, 6.45) is 3.73. The molecular weight excluding hydrogens is 450 g/mol. The molecule has 2 N–H and O–H groups in total. The number of nitrogens with zero attached hydrogens (tertiary/aromatic N) is 2. The van der Waals surface area contributed by atoms with E-state index in [1.54, 1.807) is 48.2 Å². The van der Waals surface area contributed by atoms with Crippen LogP contribution in [0.5, 0.6) is 5.75 Å². The van der Waals surface area contributed by atoms with Crippen LogP contribution in [-0.2, 0) is 20.8 Å². The SMILES string of the molecule is CNC(=O)[C@H]1C[C@]2(CCCCN(CCO)C2=O)N(C(=O)Cc2ccc(OC)cc2)[C@H]1c1ccco1. The van der Waals surface area contributed by atoms with Gasteiger partial charge < -0.3 is 29.4 Å². The number of aliphatic hydroxyl groups excluding tert-OH is 1. The second-order valence-corrected chi connectivity index (χ2v) is 9.18. The fraction of sp³-hybridized carbons (Fsp3) is 0.500. The van der Waals surface area contributed by atoms with Gasteiger partial charge in [-0.3, -0.25) is 14.4 Å². The average Bonchev–Trinajstić information content (AvgIpc) is 3.48. The normalized spacial score (nSPS) is 24.5. The highest BCUT2D eigenvalue weighted by Gasteiger charge is 2.61. The van der Waals surface area contributed by atoms with Crippen LogP contribution in [0.2, 0.25) is 0 Å². The highest BCUT2D eigenvalue weighted by molar-refractivity contribution is 5.95. The number of methoxy groups -OCH3 is 1. The van der Waals surface area contributed by atoms with E-state index in [9.17, 15) is 19.5 Å². The molecule has 2 aliphatic rings. The number of β-amino-alcohol motifs (C(OH)–C–C–N with tert-alkyl or cyclic N) is 1. The molecule has 0 aliphatic carbocycles. The molecule has 2 saturated heterocycles. The number of nitrogens with one attached hydrogen (secondary N) is 1. The number of carbonyl (C=O) groups is 3. The van der Waals surface area contributed by atoms with Gasteiger partial charge in [0.1, 0.15) is 23.1 Å². The van der Waals surface area contributed by atoms with Crippen molar-refractivity contribution in [3.63, 3.8) is 0 Å². The maximum Gasteiger partial charge on any atom is 0.248 e. The molecule has 188 valence electrons. The lowest BCUT2D eigenvalue weighted by molar-refractivity contribution is -0.153. The van der Waals surface area contributed by atoms with Crippen molar-refractivity contribution in [1.29, 1.82) is 0 Å². The molecule has 0 bridgehead atoms.